The molecule has 0 spiro atoms. The van der Waals surface area contributed by atoms with Crippen molar-refractivity contribution in [2.24, 2.45) is 0 Å². The largest absolute Gasteiger partial charge is 0.497 e. The second-order valence-electron chi connectivity index (χ2n) is 7.01. The number of sulfonamides is 1. The van der Waals surface area contributed by atoms with Crippen molar-refractivity contribution in [3.63, 3.8) is 0 Å². The Balaban J connectivity index is 2.29. The van der Waals surface area contributed by atoms with Gasteiger partial charge in [0, 0.05) is 6.07 Å². The van der Waals surface area contributed by atoms with Crippen LogP contribution in [0.4, 0.5) is 5.69 Å². The van der Waals surface area contributed by atoms with Crippen molar-refractivity contribution in [2.45, 2.75) is 45.7 Å². The Morgan fingerprint density at radius 1 is 1.14 bits per heavy atom. The fourth-order valence-corrected chi connectivity index (χ4v) is 4.45. The Labute approximate surface area is 173 Å². The average molecular weight is 419 g/mol. The molecule has 158 valence electrons. The Morgan fingerprint density at radius 3 is 2.31 bits per heavy atom. The number of anilines is 1. The van der Waals surface area contributed by atoms with Crippen molar-refractivity contribution < 1.29 is 17.9 Å². The molecule has 0 aliphatic carbocycles. The first kappa shape index (κ1) is 22.7. The molecular weight excluding hydrogens is 388 g/mol. The molecule has 0 aliphatic heterocycles. The van der Waals surface area contributed by atoms with Gasteiger partial charge in [0.05, 0.1) is 25.1 Å². The molecule has 0 aliphatic rings. The number of methoxy groups -OCH3 is 1. The van der Waals surface area contributed by atoms with E-state index in [9.17, 15) is 13.2 Å². The van der Waals surface area contributed by atoms with Crippen LogP contribution in [0.5, 0.6) is 5.75 Å². The number of rotatable bonds is 9. The summed E-state index contributed by atoms with van der Waals surface area (Å²) in [4.78, 5) is 13.0. The van der Waals surface area contributed by atoms with Gasteiger partial charge in [-0.05, 0) is 43.0 Å². The number of carbonyl (C=O) groups is 1. The van der Waals surface area contributed by atoms with Crippen molar-refractivity contribution in [1.82, 2.24) is 5.32 Å². The maximum Gasteiger partial charge on any atom is 0.244 e. The number of nitrogens with zero attached hydrogens (tertiary/aromatic N) is 1. The van der Waals surface area contributed by atoms with E-state index in [4.69, 9.17) is 4.74 Å². The molecule has 2 aromatic carbocycles. The van der Waals surface area contributed by atoms with E-state index in [1.807, 2.05) is 31.2 Å². The van der Waals surface area contributed by atoms with Crippen LogP contribution in [-0.2, 0) is 21.2 Å². The first-order valence-electron chi connectivity index (χ1n) is 9.73. The van der Waals surface area contributed by atoms with Crippen LogP contribution in [-0.4, -0.2) is 33.7 Å². The molecule has 6 nitrogen and oxygen atoms in total. The van der Waals surface area contributed by atoms with Crippen molar-refractivity contribution in [1.29, 1.82) is 0 Å². The Morgan fingerprint density at radius 2 is 1.79 bits per heavy atom. The summed E-state index contributed by atoms with van der Waals surface area (Å²) in [7, 11) is -2.18. The van der Waals surface area contributed by atoms with E-state index in [0.717, 1.165) is 22.5 Å². The minimum atomic E-state index is -3.69. The molecule has 1 N–H and O–H groups in total. The Kier molecular flexibility index (Phi) is 7.67. The topological polar surface area (TPSA) is 75.7 Å². The van der Waals surface area contributed by atoms with Gasteiger partial charge in [-0.3, -0.25) is 9.10 Å². The molecule has 0 saturated carbocycles. The maximum absolute atomic E-state index is 13.0. The lowest BCUT2D eigenvalue weighted by atomic mass is 10.0. The van der Waals surface area contributed by atoms with Crippen LogP contribution in [0.1, 0.15) is 44.4 Å². The molecule has 29 heavy (non-hydrogen) atoms. The van der Waals surface area contributed by atoms with Crippen molar-refractivity contribution >= 4 is 21.6 Å². The van der Waals surface area contributed by atoms with E-state index < -0.39 is 16.1 Å². The van der Waals surface area contributed by atoms with E-state index in [-0.39, 0.29) is 11.9 Å². The summed E-state index contributed by atoms with van der Waals surface area (Å²) in [5.41, 5.74) is 2.59. The van der Waals surface area contributed by atoms with Gasteiger partial charge in [0.1, 0.15) is 11.8 Å². The predicted octanol–water partition coefficient (Wildman–Crippen LogP) is 3.68. The van der Waals surface area contributed by atoms with Gasteiger partial charge >= 0.3 is 0 Å². The lowest BCUT2D eigenvalue weighted by Gasteiger charge is -2.31. The van der Waals surface area contributed by atoms with Crippen LogP contribution >= 0.6 is 0 Å². The van der Waals surface area contributed by atoms with Crippen molar-refractivity contribution in [2.75, 3.05) is 17.7 Å². The van der Waals surface area contributed by atoms with E-state index in [0.29, 0.717) is 17.9 Å². The molecule has 0 aromatic heterocycles. The highest BCUT2D eigenvalue weighted by Crippen LogP contribution is 2.27. The fourth-order valence-electron chi connectivity index (χ4n) is 3.24. The van der Waals surface area contributed by atoms with Crippen LogP contribution in [0.25, 0.3) is 0 Å². The summed E-state index contributed by atoms with van der Waals surface area (Å²) in [6.07, 6.45) is 2.38. The van der Waals surface area contributed by atoms with Gasteiger partial charge in [-0.2, -0.15) is 0 Å². The third-order valence-electron chi connectivity index (χ3n) is 4.88. The van der Waals surface area contributed by atoms with Crippen molar-refractivity contribution in [3.8, 4) is 5.75 Å². The summed E-state index contributed by atoms with van der Waals surface area (Å²) < 4.78 is 31.5. The normalized spacial score (nSPS) is 13.4. The molecule has 2 rings (SSSR count). The van der Waals surface area contributed by atoms with Crippen molar-refractivity contribution in [3.05, 3.63) is 59.7 Å². The fraction of sp³-hybridized carbons (Fsp3) is 0.409. The second-order valence-corrected chi connectivity index (χ2v) is 8.87. The summed E-state index contributed by atoms with van der Waals surface area (Å²) in [6, 6.07) is 13.6. The predicted molar refractivity (Wildman–Crippen MR) is 117 cm³/mol. The van der Waals surface area contributed by atoms with Gasteiger partial charge < -0.3 is 10.1 Å². The van der Waals surface area contributed by atoms with Crippen LogP contribution in [0, 0.1) is 0 Å². The molecule has 1 amide bonds. The molecule has 0 bridgehead atoms. The third-order valence-corrected chi connectivity index (χ3v) is 6.06. The number of nitrogens with one attached hydrogen (secondary N) is 1. The van der Waals surface area contributed by atoms with Gasteiger partial charge in [0.15, 0.2) is 0 Å². The molecule has 0 fully saturated rings. The first-order chi connectivity index (χ1) is 13.7. The molecule has 0 saturated heterocycles. The molecule has 0 unspecified atom stereocenters. The second kappa shape index (κ2) is 9.78. The van der Waals surface area contributed by atoms with Gasteiger partial charge in [-0.1, -0.05) is 44.2 Å². The summed E-state index contributed by atoms with van der Waals surface area (Å²) in [5.74, 6) is 0.184. The van der Waals surface area contributed by atoms with Crippen LogP contribution in [0.2, 0.25) is 0 Å². The minimum Gasteiger partial charge on any atom is -0.497 e. The van der Waals surface area contributed by atoms with Gasteiger partial charge in [0.2, 0.25) is 15.9 Å². The zero-order chi connectivity index (χ0) is 21.6. The van der Waals surface area contributed by atoms with Gasteiger partial charge in [-0.25, -0.2) is 8.42 Å². The molecule has 0 heterocycles. The lowest BCUT2D eigenvalue weighted by Crippen LogP contribution is -2.49. The smallest absolute Gasteiger partial charge is 0.244 e. The molecular formula is C22H30N2O4S. The molecule has 2 atom stereocenters. The number of amides is 1. The zero-order valence-electron chi connectivity index (χ0n) is 17.7. The highest BCUT2D eigenvalue weighted by Gasteiger charge is 2.32. The van der Waals surface area contributed by atoms with Gasteiger partial charge in [-0.15, -0.1) is 0 Å². The van der Waals surface area contributed by atoms with E-state index >= 15 is 0 Å². The van der Waals surface area contributed by atoms with Crippen LogP contribution < -0.4 is 14.4 Å². The number of hydrogen-bond donors (Lipinski definition) is 1. The molecule has 2 aromatic rings. The third kappa shape index (κ3) is 5.73. The van der Waals surface area contributed by atoms with Crippen LogP contribution in [0.15, 0.2) is 48.5 Å². The quantitative estimate of drug-likeness (QED) is 0.674. The Hall–Kier alpha value is -2.54. The Bertz CT molecular complexity index is 926. The standard InChI is InChI=1S/C22H30N2O4S/c1-6-17-11-13-18(14-12-17)16(3)23-22(25)21(7-2)24(29(5,26)27)19-9-8-10-20(15-19)28-4/h8-16,21H,6-7H2,1-5H3,(H,23,25)/t16-,21+/m0/s1. The van der Waals surface area contributed by atoms with E-state index in [1.54, 1.807) is 31.2 Å². The summed E-state index contributed by atoms with van der Waals surface area (Å²) >= 11 is 0. The summed E-state index contributed by atoms with van der Waals surface area (Å²) in [5, 5.41) is 2.96. The average Bonchev–Trinajstić information content (AvgIpc) is 2.70. The highest BCUT2D eigenvalue weighted by atomic mass is 32.2. The van der Waals surface area contributed by atoms with Gasteiger partial charge in [0.25, 0.3) is 0 Å². The monoisotopic (exact) mass is 418 g/mol. The first-order valence-corrected chi connectivity index (χ1v) is 11.6. The number of carbonyl (C=O) groups excluding carboxylic acids is 1. The van der Waals surface area contributed by atoms with Crippen LogP contribution in [0.3, 0.4) is 0 Å². The van der Waals surface area contributed by atoms with E-state index in [2.05, 4.69) is 12.2 Å². The number of hydrogen-bond acceptors (Lipinski definition) is 4. The molecule has 0 radical (unpaired) electrons. The highest BCUT2D eigenvalue weighted by molar-refractivity contribution is 7.92. The maximum atomic E-state index is 13.0. The summed E-state index contributed by atoms with van der Waals surface area (Å²) in [6.45, 7) is 5.77. The number of benzene rings is 2. The zero-order valence-corrected chi connectivity index (χ0v) is 18.5. The minimum absolute atomic E-state index is 0.242. The molecule has 7 heteroatoms. The number of ether oxygens (including phenoxy) is 1. The SMILES string of the molecule is CCc1ccc([C@H](C)NC(=O)[C@@H](CC)N(c2cccc(OC)c2)S(C)(=O)=O)cc1. The lowest BCUT2D eigenvalue weighted by molar-refractivity contribution is -0.122. The number of aryl methyl sites for hydroxylation is 1. The van der Waals surface area contributed by atoms with E-state index in [1.165, 1.54) is 12.7 Å².